The maximum absolute atomic E-state index is 12.7. The predicted octanol–water partition coefficient (Wildman–Crippen LogP) is 2.28. The van der Waals surface area contributed by atoms with E-state index in [-0.39, 0.29) is 5.78 Å². The summed E-state index contributed by atoms with van der Waals surface area (Å²) in [5.41, 5.74) is 0. The minimum atomic E-state index is -0.471. The Morgan fingerprint density at radius 3 is 2.64 bits per heavy atom. The number of ether oxygens (including phenoxy) is 1. The minimum Gasteiger partial charge on any atom is -0.496 e. The van der Waals surface area contributed by atoms with Gasteiger partial charge in [-0.05, 0) is 26.1 Å². The molecule has 0 radical (unpaired) electrons. The molecule has 0 aliphatic carbocycles. The van der Waals surface area contributed by atoms with Crippen molar-refractivity contribution in [1.82, 2.24) is 14.9 Å². The number of Topliss-reactive ketones (excluding diaryl/α,β-unsaturated/α-hetero) is 1. The number of nitrogens with zero attached hydrogens (tertiary/aromatic N) is 3. The number of thioether (sulfide) groups is 2. The van der Waals surface area contributed by atoms with Crippen LogP contribution < -0.4 is 4.74 Å². The Balaban J connectivity index is 1.77. The highest BCUT2D eigenvalue weighted by atomic mass is 32.2. The van der Waals surface area contributed by atoms with Gasteiger partial charge in [-0.2, -0.15) is 0 Å². The van der Waals surface area contributed by atoms with Crippen molar-refractivity contribution < 1.29 is 9.53 Å². The van der Waals surface area contributed by atoms with E-state index >= 15 is 0 Å². The van der Waals surface area contributed by atoms with Crippen LogP contribution in [0.2, 0.25) is 0 Å². The predicted molar refractivity (Wildman–Crippen MR) is 105 cm³/mol. The first-order valence-electron chi connectivity index (χ1n) is 8.68. The highest BCUT2D eigenvalue weighted by molar-refractivity contribution is 8.04. The number of hydrazine groups is 1. The maximum atomic E-state index is 12.7. The quantitative estimate of drug-likeness (QED) is 0.700. The average Bonchev–Trinajstić information content (AvgIpc) is 3.06. The molecule has 2 aliphatic heterocycles. The van der Waals surface area contributed by atoms with Gasteiger partial charge in [-0.1, -0.05) is 12.1 Å². The molecule has 2 aliphatic rings. The monoisotopic (exact) mass is 381 g/mol. The summed E-state index contributed by atoms with van der Waals surface area (Å²) in [7, 11) is 3.85. The smallest absolute Gasteiger partial charge is 0.162 e. The van der Waals surface area contributed by atoms with Crippen molar-refractivity contribution in [1.29, 1.82) is 0 Å². The van der Waals surface area contributed by atoms with E-state index in [1.165, 1.54) is 0 Å². The van der Waals surface area contributed by atoms with E-state index in [4.69, 9.17) is 4.74 Å². The molecule has 2 heterocycles. The third kappa shape index (κ3) is 4.01. The van der Waals surface area contributed by atoms with Crippen LogP contribution in [0.25, 0.3) is 0 Å². The molecule has 3 rings (SSSR count). The molecule has 1 unspecified atom stereocenters. The number of hydrogen-bond acceptors (Lipinski definition) is 7. The first kappa shape index (κ1) is 19.0. The fourth-order valence-corrected chi connectivity index (χ4v) is 6.22. The van der Waals surface area contributed by atoms with Crippen LogP contribution in [0.5, 0.6) is 5.75 Å². The zero-order chi connectivity index (χ0) is 17.9. The molecule has 5 nitrogen and oxygen atoms in total. The number of likely N-dealkylation sites (N-methyl/N-ethyl adjacent to an activating group) is 1. The molecule has 0 saturated carbocycles. The highest BCUT2D eigenvalue weighted by Crippen LogP contribution is 2.43. The molecule has 25 heavy (non-hydrogen) atoms. The Bertz CT molecular complexity index is 608. The molecule has 0 amide bonds. The van der Waals surface area contributed by atoms with E-state index in [9.17, 15) is 4.79 Å². The fraction of sp³-hybridized carbons (Fsp3) is 0.611. The van der Waals surface area contributed by atoms with Gasteiger partial charge in [-0.3, -0.25) is 4.79 Å². The zero-order valence-corrected chi connectivity index (χ0v) is 16.9. The van der Waals surface area contributed by atoms with Crippen LogP contribution in [0.15, 0.2) is 29.2 Å². The first-order valence-corrected chi connectivity index (χ1v) is 10.7. The van der Waals surface area contributed by atoms with Crippen LogP contribution in [0.3, 0.4) is 0 Å². The summed E-state index contributed by atoms with van der Waals surface area (Å²) in [5, 5.41) is 4.74. The summed E-state index contributed by atoms with van der Waals surface area (Å²) >= 11 is 3.51. The second kappa shape index (κ2) is 8.31. The maximum Gasteiger partial charge on any atom is 0.162 e. The van der Waals surface area contributed by atoms with Crippen molar-refractivity contribution in [2.24, 2.45) is 0 Å². The molecule has 2 fully saturated rings. The zero-order valence-electron chi connectivity index (χ0n) is 15.2. The highest BCUT2D eigenvalue weighted by Gasteiger charge is 2.49. The molecule has 138 valence electrons. The number of carbonyl (C=O) groups is 1. The largest absolute Gasteiger partial charge is 0.496 e. The van der Waals surface area contributed by atoms with Gasteiger partial charge in [0.25, 0.3) is 0 Å². The molecule has 1 atom stereocenters. The summed E-state index contributed by atoms with van der Waals surface area (Å²) in [6.07, 6.45) is 0. The Labute approximate surface area is 159 Å². The van der Waals surface area contributed by atoms with Crippen LogP contribution in [-0.4, -0.2) is 84.0 Å². The molecular weight excluding hydrogens is 354 g/mol. The van der Waals surface area contributed by atoms with Gasteiger partial charge in [-0.25, -0.2) is 10.0 Å². The van der Waals surface area contributed by atoms with Gasteiger partial charge in [-0.15, -0.1) is 23.5 Å². The normalized spacial score (nSPS) is 26.0. The summed E-state index contributed by atoms with van der Waals surface area (Å²) in [5.74, 6) is 2.86. The van der Waals surface area contributed by atoms with Gasteiger partial charge in [0.1, 0.15) is 10.6 Å². The second-order valence-electron chi connectivity index (χ2n) is 6.51. The summed E-state index contributed by atoms with van der Waals surface area (Å²) in [6, 6.07) is 8.04. The first-order chi connectivity index (χ1) is 12.1. The summed E-state index contributed by atoms with van der Waals surface area (Å²) in [6.45, 7) is 6.77. The van der Waals surface area contributed by atoms with E-state index < -0.39 is 4.87 Å². The number of benzene rings is 1. The second-order valence-corrected chi connectivity index (χ2v) is 8.90. The number of ketones is 1. The average molecular weight is 382 g/mol. The standard InChI is InChI=1S/C18H27N3O2S2/c1-15(22)18(14-24-17-7-5-4-6-16(17)23-3)21(12-13-25-18)20-10-8-19(2)9-11-20/h4-7H,8-14H2,1-3H3. The van der Waals surface area contributed by atoms with Crippen molar-refractivity contribution in [2.75, 3.05) is 58.4 Å². The molecule has 0 aromatic heterocycles. The molecule has 1 aromatic carbocycles. The van der Waals surface area contributed by atoms with Crippen molar-refractivity contribution in [3.05, 3.63) is 24.3 Å². The third-order valence-electron chi connectivity index (χ3n) is 4.92. The van der Waals surface area contributed by atoms with E-state index in [1.807, 2.05) is 18.2 Å². The Morgan fingerprint density at radius 2 is 1.96 bits per heavy atom. The Morgan fingerprint density at radius 1 is 1.24 bits per heavy atom. The van der Waals surface area contributed by atoms with Gasteiger partial charge in [0.05, 0.1) is 7.11 Å². The van der Waals surface area contributed by atoms with Crippen molar-refractivity contribution in [3.8, 4) is 5.75 Å². The summed E-state index contributed by atoms with van der Waals surface area (Å²) < 4.78 is 5.47. The van der Waals surface area contributed by atoms with E-state index in [2.05, 4.69) is 28.0 Å². The van der Waals surface area contributed by atoms with Crippen LogP contribution in [0.1, 0.15) is 6.92 Å². The molecular formula is C18H27N3O2S2. The Kier molecular flexibility index (Phi) is 6.33. The topological polar surface area (TPSA) is 36.0 Å². The van der Waals surface area contributed by atoms with Crippen molar-refractivity contribution in [2.45, 2.75) is 16.7 Å². The van der Waals surface area contributed by atoms with Crippen LogP contribution in [0, 0.1) is 0 Å². The van der Waals surface area contributed by atoms with Gasteiger partial charge in [0.15, 0.2) is 5.78 Å². The SMILES string of the molecule is COc1ccccc1SCC1(C(C)=O)SCCN1N1CCN(C)CC1. The lowest BCUT2D eigenvalue weighted by molar-refractivity contribution is -0.135. The van der Waals surface area contributed by atoms with Gasteiger partial charge in [0.2, 0.25) is 0 Å². The van der Waals surface area contributed by atoms with E-state index in [0.717, 1.165) is 54.9 Å². The third-order valence-corrected chi connectivity index (χ3v) is 7.82. The lowest BCUT2D eigenvalue weighted by Crippen LogP contribution is -2.61. The van der Waals surface area contributed by atoms with E-state index in [1.54, 1.807) is 37.6 Å². The van der Waals surface area contributed by atoms with Crippen LogP contribution in [-0.2, 0) is 4.79 Å². The fourth-order valence-electron chi connectivity index (χ4n) is 3.38. The van der Waals surface area contributed by atoms with Crippen LogP contribution in [0.4, 0.5) is 0 Å². The molecule has 0 bridgehead atoms. The van der Waals surface area contributed by atoms with Crippen molar-refractivity contribution in [3.63, 3.8) is 0 Å². The molecule has 7 heteroatoms. The van der Waals surface area contributed by atoms with Gasteiger partial charge >= 0.3 is 0 Å². The molecule has 0 N–H and O–H groups in total. The van der Waals surface area contributed by atoms with Gasteiger partial charge in [0, 0.05) is 49.1 Å². The lowest BCUT2D eigenvalue weighted by atomic mass is 10.2. The Hall–Kier alpha value is -0.730. The molecule has 2 saturated heterocycles. The van der Waals surface area contributed by atoms with Gasteiger partial charge < -0.3 is 9.64 Å². The number of methoxy groups -OCH3 is 1. The molecule has 0 spiro atoms. The lowest BCUT2D eigenvalue weighted by Gasteiger charge is -2.45. The number of carbonyl (C=O) groups excluding carboxylic acids is 1. The van der Waals surface area contributed by atoms with Crippen LogP contribution >= 0.6 is 23.5 Å². The number of rotatable bonds is 6. The molecule has 1 aromatic rings. The number of para-hydroxylation sites is 1. The van der Waals surface area contributed by atoms with Crippen molar-refractivity contribution >= 4 is 29.3 Å². The number of hydrogen-bond donors (Lipinski definition) is 0. The minimum absolute atomic E-state index is 0.247. The summed E-state index contributed by atoms with van der Waals surface area (Å²) in [4.78, 5) is 15.7. The van der Waals surface area contributed by atoms with E-state index in [0.29, 0.717) is 0 Å². The number of piperazine rings is 1.